The van der Waals surface area contributed by atoms with Crippen molar-refractivity contribution in [2.45, 2.75) is 18.9 Å². The fourth-order valence-corrected chi connectivity index (χ4v) is 4.19. The average Bonchev–Trinajstić information content (AvgIpc) is 2.99. The first-order chi connectivity index (χ1) is 11.1. The van der Waals surface area contributed by atoms with Crippen LogP contribution in [0.15, 0.2) is 33.5 Å². The van der Waals surface area contributed by atoms with Crippen molar-refractivity contribution in [3.05, 3.63) is 34.5 Å². The Morgan fingerprint density at radius 3 is 2.74 bits per heavy atom. The van der Waals surface area contributed by atoms with Crippen LogP contribution in [0.2, 0.25) is 0 Å². The van der Waals surface area contributed by atoms with E-state index in [0.717, 1.165) is 31.1 Å². The Morgan fingerprint density at radius 2 is 2.00 bits per heavy atom. The smallest absolute Gasteiger partial charge is 0.243 e. The first kappa shape index (κ1) is 14.7. The lowest BCUT2D eigenvalue weighted by Gasteiger charge is -2.34. The molecule has 2 aromatic heterocycles. The summed E-state index contributed by atoms with van der Waals surface area (Å²) in [6.07, 6.45) is 2.23. The minimum absolute atomic E-state index is 0.0220. The number of para-hydroxylation sites is 1. The number of benzene rings is 1. The highest BCUT2D eigenvalue weighted by atomic mass is 32.1. The van der Waals surface area contributed by atoms with Crippen LogP contribution in [0.3, 0.4) is 0 Å². The lowest BCUT2D eigenvalue weighted by Crippen LogP contribution is -2.41. The number of fused-ring (bicyclic) bond motifs is 2. The number of nitrogens with zero attached hydrogens (tertiary/aromatic N) is 3. The molecule has 6 heteroatoms. The second-order valence-electron chi connectivity index (χ2n) is 6.24. The van der Waals surface area contributed by atoms with E-state index in [2.05, 4.69) is 28.9 Å². The summed E-state index contributed by atoms with van der Waals surface area (Å²) in [5, 5.41) is 1.52. The maximum absolute atomic E-state index is 12.6. The fourth-order valence-electron chi connectivity index (χ4n) is 3.19. The van der Waals surface area contributed by atoms with Crippen LogP contribution >= 0.6 is 11.3 Å². The third kappa shape index (κ3) is 2.52. The quantitative estimate of drug-likeness (QED) is 0.723. The monoisotopic (exact) mass is 329 g/mol. The van der Waals surface area contributed by atoms with Gasteiger partial charge in [-0.05, 0) is 39.1 Å². The summed E-state index contributed by atoms with van der Waals surface area (Å²) in [5.41, 5.74) is 1.09. The van der Waals surface area contributed by atoms with Gasteiger partial charge in [0.05, 0.1) is 5.39 Å². The summed E-state index contributed by atoms with van der Waals surface area (Å²) in [5.74, 6) is 0. The first-order valence-corrected chi connectivity index (χ1v) is 8.69. The molecule has 1 aliphatic rings. The summed E-state index contributed by atoms with van der Waals surface area (Å²) in [7, 11) is 4.26. The molecule has 120 valence electrons. The third-order valence-corrected chi connectivity index (χ3v) is 5.69. The molecule has 0 unspecified atom stereocenters. The SMILES string of the molecule is CN(C)C1CCN(c2nc3oc4ccccc4c(=O)c3s2)CC1. The predicted molar refractivity (Wildman–Crippen MR) is 94.6 cm³/mol. The number of hydrogen-bond acceptors (Lipinski definition) is 6. The molecule has 0 N–H and O–H groups in total. The van der Waals surface area contributed by atoms with Crippen molar-refractivity contribution in [1.29, 1.82) is 0 Å². The third-order valence-electron chi connectivity index (χ3n) is 4.59. The topological polar surface area (TPSA) is 49.6 Å². The molecule has 23 heavy (non-hydrogen) atoms. The Morgan fingerprint density at radius 1 is 1.26 bits per heavy atom. The molecule has 0 bridgehead atoms. The van der Waals surface area contributed by atoms with Crippen LogP contribution in [0, 0.1) is 0 Å². The minimum Gasteiger partial charge on any atom is -0.437 e. The van der Waals surface area contributed by atoms with Crippen LogP contribution in [0.1, 0.15) is 12.8 Å². The van der Waals surface area contributed by atoms with Crippen LogP contribution in [0.4, 0.5) is 5.13 Å². The Kier molecular flexibility index (Phi) is 3.58. The van der Waals surface area contributed by atoms with Crippen molar-refractivity contribution in [2.75, 3.05) is 32.1 Å². The molecule has 0 saturated carbocycles. The Labute approximate surface area is 138 Å². The van der Waals surface area contributed by atoms with Gasteiger partial charge in [0.2, 0.25) is 11.1 Å². The zero-order chi connectivity index (χ0) is 16.0. The molecule has 0 amide bonds. The van der Waals surface area contributed by atoms with Gasteiger partial charge in [-0.1, -0.05) is 23.5 Å². The molecule has 1 fully saturated rings. The van der Waals surface area contributed by atoms with Gasteiger partial charge in [-0.15, -0.1) is 0 Å². The van der Waals surface area contributed by atoms with Gasteiger partial charge in [-0.25, -0.2) is 0 Å². The molecule has 1 saturated heterocycles. The largest absolute Gasteiger partial charge is 0.437 e. The molecule has 3 heterocycles. The van der Waals surface area contributed by atoms with Crippen molar-refractivity contribution >= 4 is 37.9 Å². The first-order valence-electron chi connectivity index (χ1n) is 7.87. The normalized spacial score (nSPS) is 16.7. The summed E-state index contributed by atoms with van der Waals surface area (Å²) in [6, 6.07) is 7.98. The number of hydrogen-bond donors (Lipinski definition) is 0. The molecule has 5 nitrogen and oxygen atoms in total. The number of rotatable bonds is 2. The van der Waals surface area contributed by atoms with Crippen molar-refractivity contribution in [1.82, 2.24) is 9.88 Å². The van der Waals surface area contributed by atoms with Gasteiger partial charge in [-0.3, -0.25) is 4.79 Å². The van der Waals surface area contributed by atoms with Gasteiger partial charge in [0.25, 0.3) is 0 Å². The van der Waals surface area contributed by atoms with Gasteiger partial charge in [0, 0.05) is 19.1 Å². The molecule has 0 aliphatic carbocycles. The summed E-state index contributed by atoms with van der Waals surface area (Å²) in [4.78, 5) is 21.7. The highest BCUT2D eigenvalue weighted by Gasteiger charge is 2.24. The van der Waals surface area contributed by atoms with Crippen molar-refractivity contribution in [3.63, 3.8) is 0 Å². The summed E-state index contributed by atoms with van der Waals surface area (Å²) < 4.78 is 6.44. The van der Waals surface area contributed by atoms with Crippen molar-refractivity contribution < 1.29 is 4.42 Å². The van der Waals surface area contributed by atoms with E-state index in [9.17, 15) is 4.79 Å². The zero-order valence-corrected chi connectivity index (χ0v) is 14.1. The van der Waals surface area contributed by atoms with Crippen LogP contribution in [-0.2, 0) is 0 Å². The Balaban J connectivity index is 1.71. The fraction of sp³-hybridized carbons (Fsp3) is 0.412. The zero-order valence-electron chi connectivity index (χ0n) is 13.3. The maximum atomic E-state index is 12.6. The molecule has 3 aromatic rings. The van der Waals surface area contributed by atoms with Crippen molar-refractivity contribution in [2.24, 2.45) is 0 Å². The number of anilines is 1. The van der Waals surface area contributed by atoms with E-state index < -0.39 is 0 Å². The maximum Gasteiger partial charge on any atom is 0.243 e. The van der Waals surface area contributed by atoms with Gasteiger partial charge in [0.15, 0.2) is 5.13 Å². The van der Waals surface area contributed by atoms with Gasteiger partial charge < -0.3 is 14.2 Å². The molecular formula is C17H19N3O2S. The molecule has 0 atom stereocenters. The van der Waals surface area contributed by atoms with Crippen LogP contribution in [0.5, 0.6) is 0 Å². The van der Waals surface area contributed by atoms with E-state index in [-0.39, 0.29) is 5.43 Å². The Hall–Kier alpha value is -1.92. The average molecular weight is 329 g/mol. The van der Waals surface area contributed by atoms with E-state index in [0.29, 0.717) is 27.4 Å². The number of piperidine rings is 1. The predicted octanol–water partition coefficient (Wildman–Crippen LogP) is 2.93. The molecule has 0 radical (unpaired) electrons. The van der Waals surface area contributed by atoms with Gasteiger partial charge in [0.1, 0.15) is 10.3 Å². The Bertz CT molecular complexity index is 907. The summed E-state index contributed by atoms with van der Waals surface area (Å²) in [6.45, 7) is 1.94. The van der Waals surface area contributed by atoms with E-state index >= 15 is 0 Å². The van der Waals surface area contributed by atoms with Gasteiger partial charge in [-0.2, -0.15) is 4.98 Å². The van der Waals surface area contributed by atoms with Crippen LogP contribution in [0.25, 0.3) is 21.4 Å². The van der Waals surface area contributed by atoms with Gasteiger partial charge >= 0.3 is 0 Å². The number of aromatic nitrogens is 1. The highest BCUT2D eigenvalue weighted by molar-refractivity contribution is 7.22. The van der Waals surface area contributed by atoms with Crippen LogP contribution < -0.4 is 10.3 Å². The minimum atomic E-state index is 0.0220. The van der Waals surface area contributed by atoms with E-state index in [4.69, 9.17) is 4.42 Å². The molecule has 4 rings (SSSR count). The standard InChI is InChI=1S/C17H19N3O2S/c1-19(2)11-7-9-20(10-8-11)17-18-16-15(23-17)14(21)12-5-3-4-6-13(12)22-16/h3-6,11H,7-10H2,1-2H3. The second-order valence-corrected chi connectivity index (χ2v) is 7.22. The van der Waals surface area contributed by atoms with Crippen molar-refractivity contribution in [3.8, 4) is 0 Å². The number of thiazole rings is 1. The molecule has 0 spiro atoms. The highest BCUT2D eigenvalue weighted by Crippen LogP contribution is 2.30. The van der Waals surface area contributed by atoms with E-state index in [1.54, 1.807) is 0 Å². The summed E-state index contributed by atoms with van der Waals surface area (Å²) >= 11 is 1.45. The van der Waals surface area contributed by atoms with Crippen LogP contribution in [-0.4, -0.2) is 43.1 Å². The van der Waals surface area contributed by atoms with E-state index in [1.165, 1.54) is 11.3 Å². The lowest BCUT2D eigenvalue weighted by atomic mass is 10.0. The molecule has 1 aromatic carbocycles. The molecule has 1 aliphatic heterocycles. The second kappa shape index (κ2) is 5.62. The molecular weight excluding hydrogens is 310 g/mol. The van der Waals surface area contributed by atoms with E-state index in [1.807, 2.05) is 24.3 Å². The lowest BCUT2D eigenvalue weighted by molar-refractivity contribution is 0.249.